The van der Waals surface area contributed by atoms with Crippen molar-refractivity contribution in [1.29, 1.82) is 0 Å². The molecule has 0 aliphatic heterocycles. The van der Waals surface area contributed by atoms with Crippen LogP contribution in [0.15, 0.2) is 54.7 Å². The van der Waals surface area contributed by atoms with E-state index in [0.29, 0.717) is 17.9 Å². The van der Waals surface area contributed by atoms with Crippen LogP contribution in [0.5, 0.6) is 0 Å². The first-order chi connectivity index (χ1) is 14.6. The number of carbonyl (C=O) groups excluding carboxylic acids is 1. The molecule has 9 heteroatoms. The highest BCUT2D eigenvalue weighted by Crippen LogP contribution is 2.14. The molecule has 4 rings (SSSR count). The van der Waals surface area contributed by atoms with Gasteiger partial charge < -0.3 is 4.74 Å². The van der Waals surface area contributed by atoms with Gasteiger partial charge in [0.2, 0.25) is 5.82 Å². The van der Waals surface area contributed by atoms with Crippen LogP contribution in [0.4, 0.5) is 0 Å². The predicted octanol–water partition coefficient (Wildman–Crippen LogP) is 2.65. The van der Waals surface area contributed by atoms with Crippen LogP contribution >= 0.6 is 0 Å². The van der Waals surface area contributed by atoms with Crippen molar-refractivity contribution in [1.82, 2.24) is 35.2 Å². The van der Waals surface area contributed by atoms with Gasteiger partial charge in [-0.05, 0) is 49.2 Å². The van der Waals surface area contributed by atoms with Gasteiger partial charge in [0, 0.05) is 5.56 Å². The van der Waals surface area contributed by atoms with Crippen molar-refractivity contribution >= 4 is 5.97 Å². The number of esters is 1. The third-order valence-corrected chi connectivity index (χ3v) is 4.65. The van der Waals surface area contributed by atoms with E-state index in [-0.39, 0.29) is 5.97 Å². The summed E-state index contributed by atoms with van der Waals surface area (Å²) >= 11 is 0. The van der Waals surface area contributed by atoms with Crippen molar-refractivity contribution in [2.24, 2.45) is 0 Å². The standard InChI is InChI=1S/C21H21N7O2/c1-15-5-7-16(8-6-15)20-23-26-28(24-20)13-3-4-18-14-27(25-22-18)19-11-9-17(10-12-19)21(29)30-2/h5-12,14H,3-4,13H2,1-2H3. The molecule has 0 aliphatic carbocycles. The molecular formula is C21H21N7O2. The summed E-state index contributed by atoms with van der Waals surface area (Å²) in [6, 6.07) is 15.0. The molecule has 0 amide bonds. The van der Waals surface area contributed by atoms with Gasteiger partial charge in [0.15, 0.2) is 0 Å². The predicted molar refractivity (Wildman–Crippen MR) is 109 cm³/mol. The largest absolute Gasteiger partial charge is 0.465 e. The summed E-state index contributed by atoms with van der Waals surface area (Å²) in [4.78, 5) is 13.1. The molecule has 0 atom stereocenters. The van der Waals surface area contributed by atoms with E-state index in [1.165, 1.54) is 12.7 Å². The fraction of sp³-hybridized carbons (Fsp3) is 0.238. The Labute approximate surface area is 173 Å². The number of methoxy groups -OCH3 is 1. The highest BCUT2D eigenvalue weighted by molar-refractivity contribution is 5.89. The lowest BCUT2D eigenvalue weighted by molar-refractivity contribution is 0.0600. The molecule has 9 nitrogen and oxygen atoms in total. The molecule has 0 N–H and O–H groups in total. The Hall–Kier alpha value is -3.88. The summed E-state index contributed by atoms with van der Waals surface area (Å²) < 4.78 is 6.39. The van der Waals surface area contributed by atoms with Gasteiger partial charge >= 0.3 is 5.97 Å². The zero-order valence-corrected chi connectivity index (χ0v) is 16.8. The summed E-state index contributed by atoms with van der Waals surface area (Å²) in [5, 5.41) is 21.1. The van der Waals surface area contributed by atoms with Crippen LogP contribution in [-0.4, -0.2) is 48.3 Å². The van der Waals surface area contributed by atoms with Crippen LogP contribution in [0.2, 0.25) is 0 Å². The summed E-state index contributed by atoms with van der Waals surface area (Å²) in [6.45, 7) is 2.68. The first-order valence-corrected chi connectivity index (χ1v) is 9.57. The van der Waals surface area contributed by atoms with Crippen molar-refractivity contribution in [2.75, 3.05) is 7.11 Å². The lowest BCUT2D eigenvalue weighted by atomic mass is 10.1. The third kappa shape index (κ3) is 4.40. The molecule has 0 radical (unpaired) electrons. The summed E-state index contributed by atoms with van der Waals surface area (Å²) in [7, 11) is 1.36. The number of aryl methyl sites for hydroxylation is 3. The smallest absolute Gasteiger partial charge is 0.337 e. The fourth-order valence-electron chi connectivity index (χ4n) is 2.96. The zero-order valence-electron chi connectivity index (χ0n) is 16.8. The topological polar surface area (TPSA) is 101 Å². The minimum absolute atomic E-state index is 0.368. The van der Waals surface area contributed by atoms with Crippen molar-refractivity contribution in [3.05, 3.63) is 71.5 Å². The molecule has 30 heavy (non-hydrogen) atoms. The number of aromatic nitrogens is 7. The first kappa shape index (κ1) is 19.4. The minimum Gasteiger partial charge on any atom is -0.465 e. The van der Waals surface area contributed by atoms with Gasteiger partial charge in [-0.15, -0.1) is 15.3 Å². The quantitative estimate of drug-likeness (QED) is 0.437. The molecule has 2 aromatic heterocycles. The zero-order chi connectivity index (χ0) is 20.9. The van der Waals surface area contributed by atoms with Gasteiger partial charge in [-0.3, -0.25) is 0 Å². The number of hydrogen-bond donors (Lipinski definition) is 0. The van der Waals surface area contributed by atoms with Crippen molar-refractivity contribution in [3.63, 3.8) is 0 Å². The van der Waals surface area contributed by atoms with E-state index in [1.54, 1.807) is 33.7 Å². The van der Waals surface area contributed by atoms with Gasteiger partial charge in [0.25, 0.3) is 0 Å². The summed E-state index contributed by atoms with van der Waals surface area (Å²) in [5.41, 5.74) is 4.33. The highest BCUT2D eigenvalue weighted by atomic mass is 16.5. The Balaban J connectivity index is 1.33. The van der Waals surface area contributed by atoms with E-state index in [1.807, 2.05) is 37.4 Å². The van der Waals surface area contributed by atoms with E-state index in [4.69, 9.17) is 4.74 Å². The molecule has 0 fully saturated rings. The van der Waals surface area contributed by atoms with Crippen LogP contribution in [0.3, 0.4) is 0 Å². The average molecular weight is 403 g/mol. The monoisotopic (exact) mass is 403 g/mol. The Bertz CT molecular complexity index is 1130. The van der Waals surface area contributed by atoms with Gasteiger partial charge in [-0.1, -0.05) is 35.0 Å². The Morgan fingerprint density at radius 3 is 2.50 bits per heavy atom. The SMILES string of the molecule is COC(=O)c1ccc(-n2cc(CCCn3nnc(-c4ccc(C)cc4)n3)nn2)cc1. The molecule has 0 aliphatic rings. The maximum Gasteiger partial charge on any atom is 0.337 e. The van der Waals surface area contributed by atoms with E-state index < -0.39 is 0 Å². The molecule has 0 unspecified atom stereocenters. The third-order valence-electron chi connectivity index (χ3n) is 4.65. The number of tetrazole rings is 1. The van der Waals surface area contributed by atoms with Crippen LogP contribution in [0.1, 0.15) is 28.0 Å². The number of hydrogen-bond acceptors (Lipinski definition) is 7. The molecule has 4 aromatic rings. The Morgan fingerprint density at radius 1 is 1.00 bits per heavy atom. The Kier molecular flexibility index (Phi) is 5.60. The minimum atomic E-state index is -0.368. The maximum atomic E-state index is 11.5. The van der Waals surface area contributed by atoms with Crippen LogP contribution in [0.25, 0.3) is 17.1 Å². The number of nitrogens with zero attached hydrogens (tertiary/aromatic N) is 7. The Morgan fingerprint density at radius 2 is 1.77 bits per heavy atom. The van der Waals surface area contributed by atoms with E-state index >= 15 is 0 Å². The molecule has 152 valence electrons. The number of carbonyl (C=O) groups is 1. The summed E-state index contributed by atoms with van der Waals surface area (Å²) in [6.07, 6.45) is 3.42. The van der Waals surface area contributed by atoms with Crippen LogP contribution in [-0.2, 0) is 17.7 Å². The second-order valence-electron chi connectivity index (χ2n) is 6.87. The summed E-state index contributed by atoms with van der Waals surface area (Å²) in [5.74, 6) is 0.254. The number of ether oxygens (including phenoxy) is 1. The average Bonchev–Trinajstić information content (AvgIpc) is 3.44. The second kappa shape index (κ2) is 8.64. The molecule has 2 heterocycles. The first-order valence-electron chi connectivity index (χ1n) is 9.57. The lowest BCUT2D eigenvalue weighted by Crippen LogP contribution is -2.04. The van der Waals surface area contributed by atoms with Crippen LogP contribution in [0, 0.1) is 6.92 Å². The van der Waals surface area contributed by atoms with E-state index in [9.17, 15) is 4.79 Å². The molecule has 0 spiro atoms. The molecule has 2 aromatic carbocycles. The van der Waals surface area contributed by atoms with Gasteiger partial charge in [-0.2, -0.15) is 4.80 Å². The van der Waals surface area contributed by atoms with Gasteiger partial charge in [0.1, 0.15) is 0 Å². The molecule has 0 bridgehead atoms. The van der Waals surface area contributed by atoms with E-state index in [0.717, 1.165) is 29.8 Å². The van der Waals surface area contributed by atoms with Crippen molar-refractivity contribution in [3.8, 4) is 17.1 Å². The van der Waals surface area contributed by atoms with Crippen LogP contribution < -0.4 is 0 Å². The van der Waals surface area contributed by atoms with Gasteiger partial charge in [-0.25, -0.2) is 9.48 Å². The van der Waals surface area contributed by atoms with Crippen molar-refractivity contribution < 1.29 is 9.53 Å². The van der Waals surface area contributed by atoms with Crippen molar-refractivity contribution in [2.45, 2.75) is 26.3 Å². The second-order valence-corrected chi connectivity index (χ2v) is 6.87. The number of rotatable bonds is 7. The molecular weight excluding hydrogens is 382 g/mol. The highest BCUT2D eigenvalue weighted by Gasteiger charge is 2.08. The maximum absolute atomic E-state index is 11.5. The fourth-order valence-corrected chi connectivity index (χ4v) is 2.96. The molecule has 0 saturated carbocycles. The lowest BCUT2D eigenvalue weighted by Gasteiger charge is -2.02. The number of benzene rings is 2. The normalized spacial score (nSPS) is 10.9. The van der Waals surface area contributed by atoms with Gasteiger partial charge in [0.05, 0.1) is 36.8 Å². The van der Waals surface area contributed by atoms with E-state index in [2.05, 4.69) is 25.7 Å². The molecule has 0 saturated heterocycles.